The zero-order valence-electron chi connectivity index (χ0n) is 19.2. The van der Waals surface area contributed by atoms with Gasteiger partial charge in [-0.2, -0.15) is 0 Å². The average Bonchev–Trinajstić information content (AvgIpc) is 3.13. The van der Waals surface area contributed by atoms with E-state index >= 15 is 0 Å². The van der Waals surface area contributed by atoms with Crippen molar-refractivity contribution in [1.29, 1.82) is 0 Å². The number of halogens is 3. The Morgan fingerprint density at radius 1 is 1.12 bits per heavy atom. The van der Waals surface area contributed by atoms with Crippen molar-refractivity contribution in [2.45, 2.75) is 57.1 Å². The van der Waals surface area contributed by atoms with Crippen LogP contribution in [-0.2, 0) is 9.30 Å². The molecular weight excluding hydrogens is 481 g/mol. The van der Waals surface area contributed by atoms with Crippen LogP contribution in [0.3, 0.4) is 0 Å². The molecule has 182 valence electrons. The van der Waals surface area contributed by atoms with Crippen LogP contribution in [0, 0.1) is 0 Å². The van der Waals surface area contributed by atoms with Crippen molar-refractivity contribution >= 4 is 46.6 Å². The molecule has 6 nitrogen and oxygen atoms in total. The van der Waals surface area contributed by atoms with Gasteiger partial charge in [0.15, 0.2) is 11.5 Å². The summed E-state index contributed by atoms with van der Waals surface area (Å²) >= 11 is 6.34. The van der Waals surface area contributed by atoms with Crippen LogP contribution in [0.5, 0.6) is 0 Å². The second kappa shape index (κ2) is 9.21. The van der Waals surface area contributed by atoms with Gasteiger partial charge < -0.3 is 14.6 Å². The zero-order valence-corrected chi connectivity index (χ0v) is 20.9. The summed E-state index contributed by atoms with van der Waals surface area (Å²) in [5, 5.41) is 4.16. The lowest BCUT2D eigenvalue weighted by molar-refractivity contribution is -0.0363. The fourth-order valence-corrected chi connectivity index (χ4v) is 6.11. The molecule has 3 aromatic rings. The normalized spacial score (nSPS) is 19.5. The zero-order chi connectivity index (χ0) is 24.0. The van der Waals surface area contributed by atoms with Crippen LogP contribution in [0.1, 0.15) is 68.5 Å². The lowest BCUT2D eigenvalue weighted by Gasteiger charge is -2.27. The van der Waals surface area contributed by atoms with Crippen molar-refractivity contribution in [2.75, 3.05) is 25.3 Å². The van der Waals surface area contributed by atoms with Gasteiger partial charge in [-0.05, 0) is 69.0 Å². The number of fused-ring (bicyclic) bond motifs is 1. The number of nitrogens with zero attached hydrogens (tertiary/aromatic N) is 3. The van der Waals surface area contributed by atoms with Crippen LogP contribution in [0.4, 0.5) is 20.2 Å². The van der Waals surface area contributed by atoms with Gasteiger partial charge in [0.05, 0.1) is 5.69 Å². The topological polar surface area (TPSA) is 69.0 Å². The molecule has 3 heterocycles. The number of anilines is 2. The maximum absolute atomic E-state index is 14.0. The molecule has 5 rings (SSSR count). The summed E-state index contributed by atoms with van der Waals surface area (Å²) in [6, 6.07) is 7.55. The molecule has 1 aliphatic heterocycles. The number of ether oxygens (including phenoxy) is 1. The third-order valence-corrected chi connectivity index (χ3v) is 8.46. The smallest absolute Gasteiger partial charge is 0.295 e. The number of benzene rings is 1. The molecule has 34 heavy (non-hydrogen) atoms. The highest BCUT2D eigenvalue weighted by Crippen LogP contribution is 2.43. The highest BCUT2D eigenvalue weighted by Gasteiger charge is 2.29. The maximum atomic E-state index is 14.0. The number of pyridine rings is 1. The molecule has 1 unspecified atom stereocenters. The van der Waals surface area contributed by atoms with Gasteiger partial charge in [-0.1, -0.05) is 24.1 Å². The number of aromatic nitrogens is 3. The first-order chi connectivity index (χ1) is 16.2. The summed E-state index contributed by atoms with van der Waals surface area (Å²) < 4.78 is 48.3. The van der Waals surface area contributed by atoms with Gasteiger partial charge in [0, 0.05) is 23.7 Å². The predicted molar refractivity (Wildman–Crippen MR) is 132 cm³/mol. The summed E-state index contributed by atoms with van der Waals surface area (Å²) in [6.45, 7) is 3.96. The minimum absolute atomic E-state index is 0.150. The third-order valence-electron chi connectivity index (χ3n) is 6.73. The van der Waals surface area contributed by atoms with Crippen molar-refractivity contribution in [2.24, 2.45) is 0 Å². The molecule has 1 aliphatic carbocycles. The van der Waals surface area contributed by atoms with Crippen molar-refractivity contribution in [3.63, 3.8) is 0 Å². The lowest BCUT2D eigenvalue weighted by atomic mass is 9.80. The van der Waals surface area contributed by atoms with Gasteiger partial charge in [-0.25, -0.2) is 18.7 Å². The maximum Gasteiger partial charge on any atom is 0.295 e. The molecule has 10 heteroatoms. The highest BCUT2D eigenvalue weighted by atomic mass is 35.5. The molecular formula is C24H28ClF2N4O2P. The van der Waals surface area contributed by atoms with Gasteiger partial charge in [-0.15, -0.1) is 0 Å². The quantitative estimate of drug-likeness (QED) is 0.287. The SMILES string of the molecule is CP(C)(=O)c1cc(C2CCC2)ccc1Nc1cc(Cl)nc2c1nc(C(F)F)n2C1CCCCO1. The molecule has 0 radical (unpaired) electrons. The minimum Gasteiger partial charge on any atom is -0.358 e. The van der Waals surface area contributed by atoms with E-state index in [1.807, 2.05) is 18.2 Å². The molecule has 1 atom stereocenters. The second-order valence-corrected chi connectivity index (χ2v) is 13.1. The average molecular weight is 509 g/mol. The first kappa shape index (κ1) is 23.7. The molecule has 1 N–H and O–H groups in total. The summed E-state index contributed by atoms with van der Waals surface area (Å²) in [6.07, 6.45) is 2.50. The number of rotatable bonds is 6. The molecule has 2 aliphatic rings. The first-order valence-corrected chi connectivity index (χ1v) is 14.6. The Bertz CT molecular complexity index is 1270. The molecule has 0 amide bonds. The molecule has 1 saturated heterocycles. The summed E-state index contributed by atoms with van der Waals surface area (Å²) in [4.78, 5) is 8.61. The summed E-state index contributed by atoms with van der Waals surface area (Å²) in [5.41, 5.74) is 2.82. The van der Waals surface area contributed by atoms with Crippen LogP contribution >= 0.6 is 18.7 Å². The fourth-order valence-electron chi connectivity index (χ4n) is 4.75. The molecule has 0 spiro atoms. The largest absolute Gasteiger partial charge is 0.358 e. The minimum atomic E-state index is -2.80. The Balaban J connectivity index is 1.61. The lowest BCUT2D eigenvalue weighted by Crippen LogP contribution is -2.20. The van der Waals surface area contributed by atoms with E-state index < -0.39 is 25.6 Å². The second-order valence-electron chi connectivity index (χ2n) is 9.51. The molecule has 0 bridgehead atoms. The predicted octanol–water partition coefficient (Wildman–Crippen LogP) is 6.98. The van der Waals surface area contributed by atoms with Gasteiger partial charge in [0.25, 0.3) is 6.43 Å². The molecule has 1 aromatic carbocycles. The van der Waals surface area contributed by atoms with Crippen LogP contribution in [-0.4, -0.2) is 34.5 Å². The summed E-state index contributed by atoms with van der Waals surface area (Å²) in [5.74, 6) is 0.109. The van der Waals surface area contributed by atoms with Crippen molar-refractivity contribution in [3.05, 3.63) is 40.8 Å². The Morgan fingerprint density at radius 2 is 1.91 bits per heavy atom. The Kier molecular flexibility index (Phi) is 6.42. The van der Waals surface area contributed by atoms with E-state index in [1.54, 1.807) is 19.4 Å². The first-order valence-electron chi connectivity index (χ1n) is 11.7. The van der Waals surface area contributed by atoms with E-state index in [0.717, 1.165) is 31.0 Å². The number of hydrogen-bond donors (Lipinski definition) is 1. The number of alkyl halides is 2. The van der Waals surface area contributed by atoms with Crippen LogP contribution in [0.15, 0.2) is 24.3 Å². The fraction of sp³-hybridized carbons (Fsp3) is 0.500. The highest BCUT2D eigenvalue weighted by molar-refractivity contribution is 7.70. The van der Waals surface area contributed by atoms with Crippen LogP contribution < -0.4 is 10.6 Å². The van der Waals surface area contributed by atoms with E-state index in [-0.39, 0.29) is 16.3 Å². The standard InChI is InChI=1S/C24H28ClF2N4O2P/c1-34(2,32)18-12-15(14-6-5-7-14)9-10-16(18)28-17-13-19(25)29-23-21(17)30-24(22(26)27)31(23)20-8-3-4-11-33-20/h9-10,12-14,20,22H,3-8,11H2,1-2H3,(H,28,29). The van der Waals surface area contributed by atoms with Gasteiger partial charge >= 0.3 is 0 Å². The van der Waals surface area contributed by atoms with Gasteiger partial charge in [0.2, 0.25) is 0 Å². The van der Waals surface area contributed by atoms with E-state index in [2.05, 4.69) is 15.3 Å². The van der Waals surface area contributed by atoms with Gasteiger partial charge in [-0.3, -0.25) is 4.57 Å². The number of imidazole rings is 1. The van der Waals surface area contributed by atoms with Crippen LogP contribution in [0.25, 0.3) is 11.2 Å². The van der Waals surface area contributed by atoms with E-state index in [4.69, 9.17) is 16.3 Å². The molecule has 2 aromatic heterocycles. The third kappa shape index (κ3) is 4.48. The van der Waals surface area contributed by atoms with E-state index in [9.17, 15) is 13.3 Å². The molecule has 1 saturated carbocycles. The van der Waals surface area contributed by atoms with Crippen LogP contribution in [0.2, 0.25) is 5.15 Å². The molecule has 2 fully saturated rings. The summed E-state index contributed by atoms with van der Waals surface area (Å²) in [7, 11) is -2.64. The van der Waals surface area contributed by atoms with E-state index in [1.165, 1.54) is 16.6 Å². The number of nitrogens with one attached hydrogen (secondary N) is 1. The Morgan fingerprint density at radius 3 is 2.53 bits per heavy atom. The Hall–Kier alpha value is -2.02. The van der Waals surface area contributed by atoms with E-state index in [0.29, 0.717) is 30.3 Å². The van der Waals surface area contributed by atoms with Crippen molar-refractivity contribution in [3.8, 4) is 0 Å². The Labute approximate surface area is 202 Å². The monoisotopic (exact) mass is 508 g/mol. The van der Waals surface area contributed by atoms with Gasteiger partial charge in [0.1, 0.15) is 24.0 Å². The van der Waals surface area contributed by atoms with Crippen molar-refractivity contribution in [1.82, 2.24) is 14.5 Å². The number of hydrogen-bond acceptors (Lipinski definition) is 5. The van der Waals surface area contributed by atoms with Crippen molar-refractivity contribution < 1.29 is 18.1 Å².